The van der Waals surface area contributed by atoms with Crippen LogP contribution < -0.4 is 28.0 Å². The van der Waals surface area contributed by atoms with Crippen LogP contribution in [0.4, 0.5) is 13.2 Å². The standard InChI is InChI=1S/C30H43BF3N5O4/c1-29(2)24-12-7-21(19-25(24)31(42)43-29)6-11-23(10-5-20-3-8-22(9-4-20)30(32,33)34)38-28(41)26(37)13-14-27(40)39(17-15-35)18-16-36/h3-4,7-9,12,19,23,26,42H,5-6,10-11,13-18,35-37H2,1-2H3,(H,38,41)/t23-,26+/m1/s1. The van der Waals surface area contributed by atoms with Crippen LogP contribution >= 0.6 is 0 Å². The third kappa shape index (κ3) is 9.77. The Bertz CT molecular complexity index is 1220. The lowest BCUT2D eigenvalue weighted by Gasteiger charge is -2.23. The van der Waals surface area contributed by atoms with Gasteiger partial charge in [-0.3, -0.25) is 9.59 Å². The first-order valence-electron chi connectivity index (χ1n) is 14.6. The van der Waals surface area contributed by atoms with E-state index < -0.39 is 36.4 Å². The van der Waals surface area contributed by atoms with Gasteiger partial charge in [0.05, 0.1) is 17.2 Å². The molecule has 0 aliphatic carbocycles. The molecule has 0 saturated carbocycles. The summed E-state index contributed by atoms with van der Waals surface area (Å²) in [5.41, 5.74) is 19.3. The molecule has 1 aliphatic heterocycles. The number of carbonyl (C=O) groups is 2. The van der Waals surface area contributed by atoms with Gasteiger partial charge in [0.25, 0.3) is 0 Å². The van der Waals surface area contributed by atoms with E-state index >= 15 is 0 Å². The molecule has 1 aliphatic rings. The normalized spacial score (nSPS) is 15.6. The fourth-order valence-electron chi connectivity index (χ4n) is 5.31. The molecule has 3 rings (SSSR count). The van der Waals surface area contributed by atoms with Gasteiger partial charge in [-0.1, -0.05) is 30.3 Å². The lowest BCUT2D eigenvalue weighted by molar-refractivity contribution is -0.137. The van der Waals surface area contributed by atoms with Gasteiger partial charge in [0.2, 0.25) is 11.8 Å². The van der Waals surface area contributed by atoms with E-state index in [2.05, 4.69) is 5.32 Å². The van der Waals surface area contributed by atoms with Gasteiger partial charge in [0.15, 0.2) is 0 Å². The first kappa shape index (κ1) is 34.5. The minimum Gasteiger partial charge on any atom is -0.423 e. The largest absolute Gasteiger partial charge is 0.492 e. The molecular formula is C30H43BF3N5O4. The van der Waals surface area contributed by atoms with Crippen molar-refractivity contribution >= 4 is 24.4 Å². The molecule has 1 heterocycles. The highest BCUT2D eigenvalue weighted by Crippen LogP contribution is 2.31. The summed E-state index contributed by atoms with van der Waals surface area (Å²) in [6, 6.07) is 9.51. The molecule has 8 N–H and O–H groups in total. The number of nitrogens with one attached hydrogen (secondary N) is 1. The summed E-state index contributed by atoms with van der Waals surface area (Å²) >= 11 is 0. The van der Waals surface area contributed by atoms with Crippen LogP contribution in [0.2, 0.25) is 0 Å². The Balaban J connectivity index is 1.66. The predicted octanol–water partition coefficient (Wildman–Crippen LogP) is 1.56. The molecule has 236 valence electrons. The number of amides is 2. The summed E-state index contributed by atoms with van der Waals surface area (Å²) in [5, 5.41) is 13.3. The molecule has 0 saturated heterocycles. The van der Waals surface area contributed by atoms with Gasteiger partial charge in [-0.15, -0.1) is 0 Å². The molecule has 9 nitrogen and oxygen atoms in total. The lowest BCUT2D eigenvalue weighted by Crippen LogP contribution is -2.46. The number of nitrogens with two attached hydrogens (primary N) is 3. The Morgan fingerprint density at radius 2 is 1.58 bits per heavy atom. The summed E-state index contributed by atoms with van der Waals surface area (Å²) in [4.78, 5) is 27.2. The number of rotatable bonds is 15. The summed E-state index contributed by atoms with van der Waals surface area (Å²) in [6.07, 6.45) is -2.21. The highest BCUT2D eigenvalue weighted by atomic mass is 19.4. The Morgan fingerprint density at radius 3 is 2.16 bits per heavy atom. The van der Waals surface area contributed by atoms with Crippen molar-refractivity contribution in [2.24, 2.45) is 17.2 Å². The molecule has 43 heavy (non-hydrogen) atoms. The van der Waals surface area contributed by atoms with Gasteiger partial charge in [-0.05, 0) is 80.2 Å². The minimum atomic E-state index is -4.41. The molecule has 0 fully saturated rings. The quantitative estimate of drug-likeness (QED) is 0.193. The topological polar surface area (TPSA) is 157 Å². The predicted molar refractivity (Wildman–Crippen MR) is 160 cm³/mol. The molecule has 13 heteroatoms. The van der Waals surface area contributed by atoms with E-state index in [0.717, 1.165) is 23.3 Å². The maximum Gasteiger partial charge on any atom is 0.492 e. The van der Waals surface area contributed by atoms with Crippen molar-refractivity contribution in [1.29, 1.82) is 0 Å². The summed E-state index contributed by atoms with van der Waals surface area (Å²) < 4.78 is 44.6. The number of benzene rings is 2. The molecule has 2 aromatic rings. The summed E-state index contributed by atoms with van der Waals surface area (Å²) in [7, 11) is -1.02. The Hall–Kier alpha value is -2.97. The molecule has 0 unspecified atom stereocenters. The number of alkyl halides is 3. The van der Waals surface area contributed by atoms with E-state index in [1.54, 1.807) is 4.90 Å². The molecule has 2 amide bonds. The third-order valence-corrected chi connectivity index (χ3v) is 7.78. The second-order valence-corrected chi connectivity index (χ2v) is 11.5. The van der Waals surface area contributed by atoms with Crippen LogP contribution in [0.5, 0.6) is 0 Å². The van der Waals surface area contributed by atoms with E-state index in [4.69, 9.17) is 21.9 Å². The third-order valence-electron chi connectivity index (χ3n) is 7.78. The second kappa shape index (κ2) is 15.2. The van der Waals surface area contributed by atoms with E-state index in [1.807, 2.05) is 32.0 Å². The number of halogens is 3. The number of aryl methyl sites for hydroxylation is 2. The zero-order valence-electron chi connectivity index (χ0n) is 24.8. The van der Waals surface area contributed by atoms with Crippen molar-refractivity contribution in [3.63, 3.8) is 0 Å². The summed E-state index contributed by atoms with van der Waals surface area (Å²) in [5.74, 6) is -0.585. The van der Waals surface area contributed by atoms with Crippen LogP contribution in [0.1, 0.15) is 61.8 Å². The highest BCUT2D eigenvalue weighted by Gasteiger charge is 2.40. The fourth-order valence-corrected chi connectivity index (χ4v) is 5.31. The van der Waals surface area contributed by atoms with Crippen molar-refractivity contribution in [3.8, 4) is 0 Å². The zero-order chi connectivity index (χ0) is 31.8. The van der Waals surface area contributed by atoms with Crippen molar-refractivity contribution in [3.05, 3.63) is 64.7 Å². The van der Waals surface area contributed by atoms with E-state index in [1.165, 1.54) is 12.1 Å². The minimum absolute atomic E-state index is 0.0701. The number of fused-ring (bicyclic) bond motifs is 1. The molecule has 2 aromatic carbocycles. The zero-order valence-corrected chi connectivity index (χ0v) is 24.8. The first-order chi connectivity index (χ1) is 20.2. The average molecular weight is 606 g/mol. The van der Waals surface area contributed by atoms with E-state index in [9.17, 15) is 27.8 Å². The molecular weight excluding hydrogens is 562 g/mol. The second-order valence-electron chi connectivity index (χ2n) is 11.5. The van der Waals surface area contributed by atoms with Crippen LogP contribution in [0.3, 0.4) is 0 Å². The lowest BCUT2D eigenvalue weighted by atomic mass is 9.77. The van der Waals surface area contributed by atoms with Crippen LogP contribution in [0, 0.1) is 0 Å². The van der Waals surface area contributed by atoms with Crippen molar-refractivity contribution in [1.82, 2.24) is 10.2 Å². The number of nitrogens with zero attached hydrogens (tertiary/aromatic N) is 1. The Kier molecular flexibility index (Phi) is 12.2. The van der Waals surface area contributed by atoms with Crippen LogP contribution in [-0.2, 0) is 38.9 Å². The Morgan fingerprint density at radius 1 is 1.00 bits per heavy atom. The average Bonchev–Trinajstić information content (AvgIpc) is 3.19. The SMILES string of the molecule is CC1(C)OB(O)c2cc(CC[C@@H](CCc3ccc(C(F)(F)F)cc3)NC(=O)[C@@H](N)CCC(=O)N(CCN)CCN)ccc21. The Labute approximate surface area is 251 Å². The van der Waals surface area contributed by atoms with Gasteiger partial charge in [-0.25, -0.2) is 0 Å². The molecule has 0 aromatic heterocycles. The maximum absolute atomic E-state index is 13.1. The van der Waals surface area contributed by atoms with Crippen molar-refractivity contribution in [2.75, 3.05) is 26.2 Å². The van der Waals surface area contributed by atoms with Gasteiger partial charge in [0, 0.05) is 38.6 Å². The van der Waals surface area contributed by atoms with Gasteiger partial charge < -0.3 is 37.1 Å². The fraction of sp³-hybridized carbons (Fsp3) is 0.533. The monoisotopic (exact) mass is 605 g/mol. The van der Waals surface area contributed by atoms with Crippen molar-refractivity contribution < 1.29 is 32.4 Å². The van der Waals surface area contributed by atoms with Gasteiger partial charge >= 0.3 is 13.3 Å². The number of hydrogen-bond donors (Lipinski definition) is 5. The number of hydrogen-bond acceptors (Lipinski definition) is 7. The van der Waals surface area contributed by atoms with Gasteiger partial charge in [0.1, 0.15) is 0 Å². The smallest absolute Gasteiger partial charge is 0.423 e. The maximum atomic E-state index is 13.1. The summed E-state index contributed by atoms with van der Waals surface area (Å²) in [6.45, 7) is 5.11. The molecule has 0 radical (unpaired) electrons. The van der Waals surface area contributed by atoms with Crippen molar-refractivity contribution in [2.45, 2.75) is 76.2 Å². The van der Waals surface area contributed by atoms with E-state index in [-0.39, 0.29) is 24.8 Å². The molecule has 0 spiro atoms. The van der Waals surface area contributed by atoms with E-state index in [0.29, 0.717) is 62.9 Å². The number of carbonyl (C=O) groups excluding carboxylic acids is 2. The molecule has 0 bridgehead atoms. The van der Waals surface area contributed by atoms with Crippen LogP contribution in [-0.4, -0.2) is 67.1 Å². The van der Waals surface area contributed by atoms with Crippen LogP contribution in [0.15, 0.2) is 42.5 Å². The first-order valence-corrected chi connectivity index (χ1v) is 14.6. The highest BCUT2D eigenvalue weighted by molar-refractivity contribution is 6.62. The van der Waals surface area contributed by atoms with Crippen LogP contribution in [0.25, 0.3) is 0 Å². The molecule has 2 atom stereocenters. The van der Waals surface area contributed by atoms with Gasteiger partial charge in [-0.2, -0.15) is 13.2 Å².